The molecular weight excluding hydrogens is 358 g/mol. The highest BCUT2D eigenvalue weighted by Crippen LogP contribution is 2.31. The first-order chi connectivity index (χ1) is 13.7. The highest BCUT2D eigenvalue weighted by atomic mass is 16.5. The van der Waals surface area contributed by atoms with E-state index in [1.54, 1.807) is 6.07 Å². The molecule has 7 nitrogen and oxygen atoms in total. The molecule has 0 aliphatic carbocycles. The number of rotatable bonds is 3. The van der Waals surface area contributed by atoms with Gasteiger partial charge >= 0.3 is 0 Å². The van der Waals surface area contributed by atoms with E-state index in [1.165, 1.54) is 0 Å². The van der Waals surface area contributed by atoms with Crippen molar-refractivity contribution in [2.75, 3.05) is 19.8 Å². The summed E-state index contributed by atoms with van der Waals surface area (Å²) < 4.78 is 11.4. The third kappa shape index (κ3) is 3.09. The molecule has 3 aliphatic rings. The maximum Gasteiger partial charge on any atom is 0.252 e. The van der Waals surface area contributed by atoms with Gasteiger partial charge in [-0.15, -0.1) is 0 Å². The van der Waals surface area contributed by atoms with E-state index in [0.717, 1.165) is 49.0 Å². The molecule has 3 aliphatic heterocycles. The lowest BCUT2D eigenvalue weighted by Crippen LogP contribution is -2.37. The first kappa shape index (κ1) is 17.4. The Morgan fingerprint density at radius 3 is 2.93 bits per heavy atom. The summed E-state index contributed by atoms with van der Waals surface area (Å²) in [5, 5.41) is 2.92. The van der Waals surface area contributed by atoms with E-state index in [4.69, 9.17) is 14.1 Å². The van der Waals surface area contributed by atoms with Gasteiger partial charge in [-0.1, -0.05) is 18.2 Å². The van der Waals surface area contributed by atoms with Crippen molar-refractivity contribution in [3.8, 4) is 0 Å². The molecule has 2 aromatic rings. The Morgan fingerprint density at radius 1 is 1.25 bits per heavy atom. The normalized spacial score (nSPS) is 21.9. The predicted molar refractivity (Wildman–Crippen MR) is 99.7 cm³/mol. The average Bonchev–Trinajstić information content (AvgIpc) is 3.30. The van der Waals surface area contributed by atoms with Crippen LogP contribution in [-0.4, -0.2) is 41.5 Å². The minimum Gasteiger partial charge on any atom is -0.445 e. The van der Waals surface area contributed by atoms with E-state index in [1.807, 2.05) is 23.1 Å². The zero-order valence-electron chi connectivity index (χ0n) is 15.6. The SMILES string of the molecule is O=C1NC(CC(=O)N2CCc3oc(C4CCOCC4)nc3C2)c2ccccc21. The van der Waals surface area contributed by atoms with Crippen molar-refractivity contribution < 1.29 is 18.7 Å². The quantitative estimate of drug-likeness (QED) is 0.882. The number of ether oxygens (including phenoxy) is 1. The van der Waals surface area contributed by atoms with Gasteiger partial charge in [0, 0.05) is 37.7 Å². The summed E-state index contributed by atoms with van der Waals surface area (Å²) in [4.78, 5) is 31.5. The van der Waals surface area contributed by atoms with Crippen LogP contribution in [0.2, 0.25) is 0 Å². The molecule has 0 radical (unpaired) electrons. The number of hydrogen-bond donors (Lipinski definition) is 1. The first-order valence-corrected chi connectivity index (χ1v) is 9.93. The van der Waals surface area contributed by atoms with Crippen LogP contribution in [0, 0.1) is 0 Å². The summed E-state index contributed by atoms with van der Waals surface area (Å²) >= 11 is 0. The fourth-order valence-electron chi connectivity index (χ4n) is 4.34. The van der Waals surface area contributed by atoms with E-state index in [0.29, 0.717) is 31.0 Å². The summed E-state index contributed by atoms with van der Waals surface area (Å²) in [6, 6.07) is 7.20. The molecule has 0 spiro atoms. The zero-order valence-corrected chi connectivity index (χ0v) is 15.6. The monoisotopic (exact) mass is 381 g/mol. The number of nitrogens with zero attached hydrogens (tertiary/aromatic N) is 2. The molecule has 4 heterocycles. The number of benzene rings is 1. The van der Waals surface area contributed by atoms with Crippen LogP contribution in [0.15, 0.2) is 28.7 Å². The van der Waals surface area contributed by atoms with Crippen LogP contribution in [0.5, 0.6) is 0 Å². The van der Waals surface area contributed by atoms with Gasteiger partial charge in [-0.2, -0.15) is 0 Å². The van der Waals surface area contributed by atoms with Crippen LogP contribution in [0.1, 0.15) is 64.5 Å². The average molecular weight is 381 g/mol. The smallest absolute Gasteiger partial charge is 0.252 e. The van der Waals surface area contributed by atoms with Gasteiger partial charge in [0.2, 0.25) is 5.91 Å². The number of carbonyl (C=O) groups excluding carboxylic acids is 2. The molecule has 0 saturated carbocycles. The highest BCUT2D eigenvalue weighted by molar-refractivity contribution is 5.99. The summed E-state index contributed by atoms with van der Waals surface area (Å²) in [6.45, 7) is 2.59. The van der Waals surface area contributed by atoms with E-state index in [2.05, 4.69) is 5.32 Å². The predicted octanol–water partition coefficient (Wildman–Crippen LogP) is 2.33. The maximum absolute atomic E-state index is 12.9. The largest absolute Gasteiger partial charge is 0.445 e. The molecule has 1 atom stereocenters. The number of oxazole rings is 1. The molecule has 1 aromatic heterocycles. The number of aromatic nitrogens is 1. The lowest BCUT2D eigenvalue weighted by atomic mass is 10.0. The lowest BCUT2D eigenvalue weighted by Gasteiger charge is -2.26. The van der Waals surface area contributed by atoms with Gasteiger partial charge in [-0.3, -0.25) is 9.59 Å². The van der Waals surface area contributed by atoms with E-state index >= 15 is 0 Å². The molecule has 5 rings (SSSR count). The van der Waals surface area contributed by atoms with Crippen molar-refractivity contribution >= 4 is 11.8 Å². The minimum atomic E-state index is -0.257. The van der Waals surface area contributed by atoms with E-state index in [-0.39, 0.29) is 24.3 Å². The second-order valence-electron chi connectivity index (χ2n) is 7.69. The molecule has 1 fully saturated rings. The van der Waals surface area contributed by atoms with Crippen molar-refractivity contribution in [2.24, 2.45) is 0 Å². The number of carbonyl (C=O) groups is 2. The zero-order chi connectivity index (χ0) is 19.1. The Bertz CT molecular complexity index is 916. The maximum atomic E-state index is 12.9. The fraction of sp³-hybridized carbons (Fsp3) is 0.476. The van der Waals surface area contributed by atoms with E-state index < -0.39 is 0 Å². The van der Waals surface area contributed by atoms with Gasteiger partial charge < -0.3 is 19.4 Å². The molecule has 0 bridgehead atoms. The van der Waals surface area contributed by atoms with Crippen molar-refractivity contribution in [2.45, 2.75) is 44.2 Å². The van der Waals surface area contributed by atoms with Gasteiger partial charge in [-0.05, 0) is 24.5 Å². The summed E-state index contributed by atoms with van der Waals surface area (Å²) in [5.74, 6) is 1.94. The third-order valence-corrected chi connectivity index (χ3v) is 5.93. The van der Waals surface area contributed by atoms with Crippen LogP contribution in [0.25, 0.3) is 0 Å². The summed E-state index contributed by atoms with van der Waals surface area (Å²) in [6.07, 6.45) is 2.82. The van der Waals surface area contributed by atoms with Crippen molar-refractivity contribution in [3.05, 3.63) is 52.7 Å². The highest BCUT2D eigenvalue weighted by Gasteiger charge is 2.33. The number of hydrogen-bond acceptors (Lipinski definition) is 5. The van der Waals surface area contributed by atoms with Crippen molar-refractivity contribution in [1.29, 1.82) is 0 Å². The van der Waals surface area contributed by atoms with Gasteiger partial charge in [0.05, 0.1) is 19.0 Å². The minimum absolute atomic E-state index is 0.0308. The van der Waals surface area contributed by atoms with Crippen LogP contribution < -0.4 is 5.32 Å². The Kier molecular flexibility index (Phi) is 4.39. The Balaban J connectivity index is 1.27. The van der Waals surface area contributed by atoms with E-state index in [9.17, 15) is 9.59 Å². The molecule has 1 unspecified atom stereocenters. The first-order valence-electron chi connectivity index (χ1n) is 9.93. The van der Waals surface area contributed by atoms with Crippen molar-refractivity contribution in [1.82, 2.24) is 15.2 Å². The summed E-state index contributed by atoms with van der Waals surface area (Å²) in [7, 11) is 0. The van der Waals surface area contributed by atoms with Crippen LogP contribution in [0.3, 0.4) is 0 Å². The standard InChI is InChI=1S/C21H23N3O4/c25-19(11-16-14-3-1-2-4-15(14)20(26)22-16)24-8-5-18-17(12-24)23-21(28-18)13-6-9-27-10-7-13/h1-4,13,16H,5-12H2,(H,22,26). The second-order valence-corrected chi connectivity index (χ2v) is 7.69. The molecule has 1 aromatic carbocycles. The number of nitrogens with one attached hydrogen (secondary N) is 1. The van der Waals surface area contributed by atoms with Crippen LogP contribution >= 0.6 is 0 Å². The Labute approximate surface area is 163 Å². The molecule has 146 valence electrons. The van der Waals surface area contributed by atoms with Gasteiger partial charge in [-0.25, -0.2) is 4.98 Å². The van der Waals surface area contributed by atoms with Gasteiger partial charge in [0.15, 0.2) is 5.89 Å². The van der Waals surface area contributed by atoms with Crippen LogP contribution in [0.4, 0.5) is 0 Å². The topological polar surface area (TPSA) is 84.7 Å². The molecule has 2 amide bonds. The van der Waals surface area contributed by atoms with Crippen molar-refractivity contribution in [3.63, 3.8) is 0 Å². The third-order valence-electron chi connectivity index (χ3n) is 5.93. The molecular formula is C21H23N3O4. The fourth-order valence-corrected chi connectivity index (χ4v) is 4.34. The number of fused-ring (bicyclic) bond motifs is 2. The van der Waals surface area contributed by atoms with Crippen LogP contribution in [-0.2, 0) is 22.5 Å². The molecule has 1 N–H and O–H groups in total. The Morgan fingerprint density at radius 2 is 2.07 bits per heavy atom. The second kappa shape index (κ2) is 7.05. The lowest BCUT2D eigenvalue weighted by molar-refractivity contribution is -0.132. The number of amides is 2. The van der Waals surface area contributed by atoms with Gasteiger partial charge in [0.1, 0.15) is 11.5 Å². The Hall–Kier alpha value is -2.67. The molecule has 28 heavy (non-hydrogen) atoms. The summed E-state index contributed by atoms with van der Waals surface area (Å²) in [5.41, 5.74) is 2.44. The molecule has 1 saturated heterocycles. The van der Waals surface area contributed by atoms with Gasteiger partial charge in [0.25, 0.3) is 5.91 Å². The molecule has 7 heteroatoms.